The number of para-hydroxylation sites is 2. The number of hydrogen-bond donors (Lipinski definition) is 6. The molecule has 1 heterocycles. The van der Waals surface area contributed by atoms with Crippen LogP contribution in [0.4, 0.5) is 0 Å². The summed E-state index contributed by atoms with van der Waals surface area (Å²) in [5.74, 6) is -2.02. The number of aryl methyl sites for hydroxylation is 2. The van der Waals surface area contributed by atoms with Crippen LogP contribution in [0.25, 0.3) is 21.8 Å². The first-order valence-electron chi connectivity index (χ1n) is 26.1. The third-order valence-corrected chi connectivity index (χ3v) is 17.4. The number of fused-ring (bicyclic) bond motifs is 7. The normalized spacial score (nSPS) is 25.6. The Labute approximate surface area is 442 Å². The van der Waals surface area contributed by atoms with Gasteiger partial charge in [-0.05, 0) is 111 Å². The van der Waals surface area contributed by atoms with E-state index in [0.717, 1.165) is 25.0 Å². The smallest absolute Gasteiger partial charge is 0.345 e. The van der Waals surface area contributed by atoms with E-state index in [-0.39, 0.29) is 93.9 Å². The summed E-state index contributed by atoms with van der Waals surface area (Å²) in [6.07, 6.45) is 5.66. The number of carbonyl (C=O) groups is 4. The largest absolute Gasteiger partial charge is 0.422 e. The Bertz CT molecular complexity index is 2960. The number of esters is 1. The number of benzene rings is 3. The van der Waals surface area contributed by atoms with Crippen molar-refractivity contribution in [3.63, 3.8) is 0 Å². The average Bonchev–Trinajstić information content (AvgIpc) is 3.67. The Morgan fingerprint density at radius 1 is 0.895 bits per heavy atom. The molecule has 0 radical (unpaired) electrons. The Hall–Kier alpha value is -5.71. The van der Waals surface area contributed by atoms with Crippen LogP contribution in [0, 0.1) is 35.5 Å². The molecular weight excluding hydrogens is 1000 g/mol. The number of ether oxygens (including phenoxy) is 4. The summed E-state index contributed by atoms with van der Waals surface area (Å²) in [4.78, 5) is 58.7. The summed E-state index contributed by atoms with van der Waals surface area (Å²) in [6, 6.07) is 17.7. The second kappa shape index (κ2) is 23.9. The van der Waals surface area contributed by atoms with Gasteiger partial charge in [0.2, 0.25) is 11.0 Å². The molecule has 0 spiro atoms. The van der Waals surface area contributed by atoms with E-state index in [4.69, 9.17) is 23.8 Å². The van der Waals surface area contributed by atoms with Crippen molar-refractivity contribution < 1.29 is 75.8 Å². The number of nitrogens with zero attached hydrogens (tertiary/aromatic N) is 2. The maximum Gasteiger partial charge on any atom is 0.345 e. The number of rotatable bonds is 23. The number of pyridine rings is 1. The summed E-state index contributed by atoms with van der Waals surface area (Å²) in [6.45, 7) is 6.34. The number of hydrogen-bond acceptors (Lipinski definition) is 15. The number of nitrogens with one attached hydrogen (secondary N) is 2. The monoisotopic (exact) mass is 1070 g/mol. The van der Waals surface area contributed by atoms with Gasteiger partial charge in [-0.1, -0.05) is 48.8 Å². The van der Waals surface area contributed by atoms with Crippen molar-refractivity contribution in [2.45, 2.75) is 97.0 Å². The molecule has 4 aromatic rings. The molecule has 7 atom stereocenters. The van der Waals surface area contributed by atoms with Gasteiger partial charge in [-0.25, -0.2) is 4.79 Å². The van der Waals surface area contributed by atoms with Crippen LogP contribution in [0.2, 0.25) is 0 Å². The third kappa shape index (κ3) is 11.7. The maximum atomic E-state index is 14.4. The highest BCUT2D eigenvalue weighted by Crippen LogP contribution is 2.67. The van der Waals surface area contributed by atoms with Crippen molar-refractivity contribution >= 4 is 61.2 Å². The van der Waals surface area contributed by atoms with Crippen LogP contribution in [-0.2, 0) is 51.9 Å². The first-order valence-corrected chi connectivity index (χ1v) is 27.7. The fourth-order valence-corrected chi connectivity index (χ4v) is 13.5. The van der Waals surface area contributed by atoms with E-state index >= 15 is 0 Å². The molecule has 19 nitrogen and oxygen atoms in total. The fourth-order valence-electron chi connectivity index (χ4n) is 13.0. The predicted octanol–water partition coefficient (Wildman–Crippen LogP) is 4.71. The molecule has 6 N–H and O–H groups in total. The van der Waals surface area contributed by atoms with E-state index in [2.05, 4.69) is 22.7 Å². The van der Waals surface area contributed by atoms with Crippen LogP contribution < -0.4 is 19.9 Å². The number of aliphatic hydroxyl groups excluding tert-OH is 2. The quantitative estimate of drug-likeness (QED) is 0.0112. The van der Waals surface area contributed by atoms with Gasteiger partial charge in [-0.15, -0.1) is 0 Å². The van der Waals surface area contributed by atoms with Gasteiger partial charge in [-0.2, -0.15) is 13.0 Å². The molecule has 3 aromatic carbocycles. The number of ketones is 1. The second-order valence-electron chi connectivity index (χ2n) is 21.1. The number of allylic oxidation sites excluding steroid dienone is 2. The highest BCUT2D eigenvalue weighted by Gasteiger charge is 2.68. The molecular formula is C56H71N4O15S+. The van der Waals surface area contributed by atoms with Crippen molar-refractivity contribution in [3.8, 4) is 5.75 Å². The van der Waals surface area contributed by atoms with E-state index in [1.807, 2.05) is 41.8 Å². The van der Waals surface area contributed by atoms with E-state index < -0.39 is 57.3 Å². The molecule has 0 saturated heterocycles. The van der Waals surface area contributed by atoms with Gasteiger partial charge in [-0.3, -0.25) is 18.9 Å². The number of aliphatic hydroxyl groups is 3. The van der Waals surface area contributed by atoms with Crippen molar-refractivity contribution in [3.05, 3.63) is 94.6 Å². The van der Waals surface area contributed by atoms with Gasteiger partial charge in [0.1, 0.15) is 18.0 Å². The molecule has 410 valence electrons. The Balaban J connectivity index is 0.814. The first-order chi connectivity index (χ1) is 36.3. The third-order valence-electron chi connectivity index (χ3n) is 16.6. The minimum Gasteiger partial charge on any atom is -0.422 e. The highest BCUT2D eigenvalue weighted by molar-refractivity contribution is 7.85. The molecule has 3 saturated carbocycles. The maximum absolute atomic E-state index is 14.4. The minimum absolute atomic E-state index is 0.00331. The van der Waals surface area contributed by atoms with E-state index in [1.165, 1.54) is 5.57 Å². The van der Waals surface area contributed by atoms with Crippen molar-refractivity contribution in [1.82, 2.24) is 10.6 Å². The zero-order valence-electron chi connectivity index (χ0n) is 43.7. The van der Waals surface area contributed by atoms with E-state index in [1.54, 1.807) is 50.4 Å². The lowest BCUT2D eigenvalue weighted by Crippen LogP contribution is -2.62. The lowest BCUT2D eigenvalue weighted by atomic mass is 9.45. The van der Waals surface area contributed by atoms with Gasteiger partial charge in [0, 0.05) is 55.3 Å². The summed E-state index contributed by atoms with van der Waals surface area (Å²) in [7, 11) is -2.63. The summed E-state index contributed by atoms with van der Waals surface area (Å²) < 4.78 is 57.3. The van der Waals surface area contributed by atoms with Crippen LogP contribution in [0.3, 0.4) is 0 Å². The molecule has 7 unspecified atom stereocenters. The van der Waals surface area contributed by atoms with Crippen LogP contribution in [-0.4, -0.2) is 135 Å². The van der Waals surface area contributed by atoms with E-state index in [9.17, 15) is 47.5 Å². The van der Waals surface area contributed by atoms with E-state index in [0.29, 0.717) is 76.3 Å². The number of oxime groups is 1. The Morgan fingerprint density at radius 3 is 2.28 bits per heavy atom. The highest BCUT2D eigenvalue weighted by atomic mass is 32.2. The van der Waals surface area contributed by atoms with Crippen LogP contribution >= 0.6 is 0 Å². The number of carbonyl (C=O) groups excluding carboxylic acids is 4. The SMILES string of the molecule is COCCOCc1cc(C(=O)NCCOCCNC(=O)CO/N=C2\C=C3CCC4C(C(O)CC5(C)C4CCC5(O)C(=O)CO)C3(C)CC2)cc(C)c1OC(=O)c1c2ccccc2[n+](CCCS(=O)(=O)O)c2ccccc12. The predicted molar refractivity (Wildman–Crippen MR) is 280 cm³/mol. The lowest BCUT2D eigenvalue weighted by Gasteiger charge is -2.60. The molecule has 20 heteroatoms. The molecule has 8 rings (SSSR count). The number of aromatic nitrogens is 1. The van der Waals surface area contributed by atoms with Gasteiger partial charge in [0.05, 0.1) is 66.9 Å². The average molecular weight is 1070 g/mol. The molecule has 0 aliphatic heterocycles. The first kappa shape index (κ1) is 56.5. The van der Waals surface area contributed by atoms with Crippen LogP contribution in [0.15, 0.2) is 77.5 Å². The van der Waals surface area contributed by atoms with Crippen LogP contribution in [0.5, 0.6) is 5.75 Å². The number of methoxy groups -OCH3 is 1. The molecule has 4 aliphatic rings. The van der Waals surface area contributed by atoms with Gasteiger partial charge < -0.3 is 49.7 Å². The topological polar surface area (TPSA) is 270 Å². The zero-order chi connectivity index (χ0) is 54.4. The minimum atomic E-state index is -4.18. The van der Waals surface area contributed by atoms with Crippen LogP contribution in [0.1, 0.15) is 97.1 Å². The molecule has 76 heavy (non-hydrogen) atoms. The number of amides is 2. The second-order valence-corrected chi connectivity index (χ2v) is 22.7. The van der Waals surface area contributed by atoms with Gasteiger partial charge in [0.25, 0.3) is 21.9 Å². The summed E-state index contributed by atoms with van der Waals surface area (Å²) in [5.41, 5.74) is 2.08. The fraction of sp³-hybridized carbons (Fsp3) is 0.536. The Morgan fingerprint density at radius 2 is 1.59 bits per heavy atom. The molecule has 4 aliphatic carbocycles. The zero-order valence-corrected chi connectivity index (χ0v) is 44.5. The lowest BCUT2D eigenvalue weighted by molar-refractivity contribution is -0.645. The molecule has 1 aromatic heterocycles. The Kier molecular flexibility index (Phi) is 17.8. The van der Waals surface area contributed by atoms with Gasteiger partial charge in [0.15, 0.2) is 18.9 Å². The van der Waals surface area contributed by atoms with Crippen molar-refractivity contribution in [1.29, 1.82) is 0 Å². The molecule has 0 bridgehead atoms. The summed E-state index contributed by atoms with van der Waals surface area (Å²) >= 11 is 0. The molecule has 2 amide bonds. The number of Topliss-reactive ketones (excluding diaryl/α,β-unsaturated/α-hetero) is 1. The van der Waals surface area contributed by atoms with Crippen molar-refractivity contribution in [2.24, 2.45) is 33.7 Å². The standard InChI is InChI=1S/C56H70N4O15S/c1-35-28-36(29-37(33-73-26-25-71-4)51(35)75-53(66)49-41-10-5-7-12-44(41)60(22-9-27-76(68,69)70)45-13-8-6-11-42(45)49)52(65)58-21-24-72-23-20-57-48(64)34-74-59-39-16-18-54(2)38(30-39)14-15-40-43-17-19-56(67,47(63)32-61)55(43,3)31-46(62)50(40)54/h5-8,10-13,28-30,40,43,46,50,61-62,67H,9,14-27,31-34H2,1-4H3,(H2-,57,58,64,65,68,69,70)/p+1/b59-39-. The van der Waals surface area contributed by atoms with Gasteiger partial charge >= 0.3 is 5.97 Å². The summed E-state index contributed by atoms with van der Waals surface area (Å²) in [5, 5.41) is 43.9. The van der Waals surface area contributed by atoms with Crippen molar-refractivity contribution in [2.75, 3.05) is 65.6 Å². The molecule has 3 fully saturated rings.